The molecule has 0 radical (unpaired) electrons. The van der Waals surface area contributed by atoms with E-state index in [9.17, 15) is 4.39 Å². The van der Waals surface area contributed by atoms with Crippen LogP contribution in [0, 0.1) is 5.82 Å². The van der Waals surface area contributed by atoms with Crippen molar-refractivity contribution in [3.63, 3.8) is 0 Å². The van der Waals surface area contributed by atoms with E-state index in [2.05, 4.69) is 15.1 Å². The summed E-state index contributed by atoms with van der Waals surface area (Å²) in [7, 11) is 3.14. The van der Waals surface area contributed by atoms with Crippen LogP contribution < -0.4 is 9.64 Å². The smallest absolute Gasteiger partial charge is 0.255 e. The van der Waals surface area contributed by atoms with E-state index in [-0.39, 0.29) is 5.88 Å². The fraction of sp³-hybridized carbons (Fsp3) is 0.417. The Morgan fingerprint density at radius 1 is 1.47 bits per heavy atom. The second-order valence-corrected chi connectivity index (χ2v) is 4.02. The quantitative estimate of drug-likeness (QED) is 0.822. The Hall–Kier alpha value is -2.18. The number of ether oxygens (including phenoxy) is 1. The third-order valence-corrected chi connectivity index (χ3v) is 2.60. The Balaban J connectivity index is 2.12. The molecule has 2 aromatic rings. The van der Waals surface area contributed by atoms with Gasteiger partial charge in [-0.2, -0.15) is 9.37 Å². The topological polar surface area (TPSA) is 64.3 Å². The normalized spacial score (nSPS) is 10.5. The second-order valence-electron chi connectivity index (χ2n) is 4.02. The molecule has 0 N–H and O–H groups in total. The van der Waals surface area contributed by atoms with Gasteiger partial charge >= 0.3 is 0 Å². The summed E-state index contributed by atoms with van der Waals surface area (Å²) >= 11 is 0. The minimum atomic E-state index is -0.590. The van der Waals surface area contributed by atoms with E-state index in [1.807, 2.05) is 13.0 Å². The summed E-state index contributed by atoms with van der Waals surface area (Å²) in [6.07, 6.45) is 1.89. The van der Waals surface area contributed by atoms with Crippen molar-refractivity contribution in [3.8, 4) is 5.88 Å². The van der Waals surface area contributed by atoms with E-state index in [4.69, 9.17) is 9.26 Å². The third-order valence-electron chi connectivity index (χ3n) is 2.60. The number of anilines is 1. The van der Waals surface area contributed by atoms with Crippen molar-refractivity contribution in [1.82, 2.24) is 15.1 Å². The monoisotopic (exact) mass is 266 g/mol. The van der Waals surface area contributed by atoms with Gasteiger partial charge < -0.3 is 14.2 Å². The molecule has 7 heteroatoms. The zero-order valence-electron chi connectivity index (χ0n) is 11.1. The van der Waals surface area contributed by atoms with Crippen LogP contribution >= 0.6 is 0 Å². The van der Waals surface area contributed by atoms with Crippen molar-refractivity contribution in [2.45, 2.75) is 19.9 Å². The van der Waals surface area contributed by atoms with Gasteiger partial charge in [0.25, 0.3) is 5.88 Å². The number of hydrogen-bond donors (Lipinski definition) is 0. The lowest BCUT2D eigenvalue weighted by molar-refractivity contribution is 0.365. The van der Waals surface area contributed by atoms with Crippen molar-refractivity contribution in [2.24, 2.45) is 0 Å². The average molecular weight is 266 g/mol. The second kappa shape index (κ2) is 5.64. The van der Waals surface area contributed by atoms with E-state index in [0.717, 1.165) is 18.3 Å². The molecular formula is C12H15FN4O2. The molecule has 0 bridgehead atoms. The van der Waals surface area contributed by atoms with E-state index >= 15 is 0 Å². The predicted octanol–water partition coefficient (Wildman–Crippen LogP) is 1.81. The first-order chi connectivity index (χ1) is 9.13. The summed E-state index contributed by atoms with van der Waals surface area (Å²) in [5.41, 5.74) is 0.890. The molecule has 0 unspecified atom stereocenters. The highest BCUT2D eigenvalue weighted by Gasteiger charge is 2.13. The Labute approximate surface area is 110 Å². The van der Waals surface area contributed by atoms with E-state index in [0.29, 0.717) is 18.3 Å². The Morgan fingerprint density at radius 3 is 2.89 bits per heavy atom. The number of halogens is 1. The van der Waals surface area contributed by atoms with Gasteiger partial charge in [-0.05, 0) is 6.42 Å². The molecule has 0 aliphatic rings. The molecule has 0 aliphatic heterocycles. The van der Waals surface area contributed by atoms with Crippen molar-refractivity contribution < 1.29 is 13.7 Å². The number of aryl methyl sites for hydroxylation is 1. The maximum Gasteiger partial charge on any atom is 0.255 e. The summed E-state index contributed by atoms with van der Waals surface area (Å²) in [6, 6.07) is 1.87. The van der Waals surface area contributed by atoms with Crippen molar-refractivity contribution in [2.75, 3.05) is 19.1 Å². The summed E-state index contributed by atoms with van der Waals surface area (Å²) < 4.78 is 23.2. The fourth-order valence-electron chi connectivity index (χ4n) is 1.57. The van der Waals surface area contributed by atoms with Crippen LogP contribution in [0.25, 0.3) is 0 Å². The Kier molecular flexibility index (Phi) is 3.94. The van der Waals surface area contributed by atoms with Gasteiger partial charge in [0.1, 0.15) is 0 Å². The summed E-state index contributed by atoms with van der Waals surface area (Å²) in [4.78, 5) is 9.60. The first-order valence-electron chi connectivity index (χ1n) is 5.86. The number of nitrogens with zero attached hydrogens (tertiary/aromatic N) is 4. The Bertz CT molecular complexity index is 558. The molecule has 6 nitrogen and oxygen atoms in total. The largest absolute Gasteiger partial charge is 0.479 e. The molecule has 0 aromatic carbocycles. The molecule has 0 saturated carbocycles. The minimum Gasteiger partial charge on any atom is -0.479 e. The molecule has 2 aromatic heterocycles. The third kappa shape index (κ3) is 2.98. The van der Waals surface area contributed by atoms with Gasteiger partial charge in [0.2, 0.25) is 11.8 Å². The van der Waals surface area contributed by atoms with Gasteiger partial charge in [-0.25, -0.2) is 4.98 Å². The van der Waals surface area contributed by atoms with Crippen LogP contribution in [0.2, 0.25) is 0 Å². The molecular weight excluding hydrogens is 251 g/mol. The average Bonchev–Trinajstić information content (AvgIpc) is 2.86. The summed E-state index contributed by atoms with van der Waals surface area (Å²) in [5, 5.41) is 3.90. The number of aromatic nitrogens is 3. The lowest BCUT2D eigenvalue weighted by Crippen LogP contribution is -2.19. The van der Waals surface area contributed by atoms with Gasteiger partial charge in [0.05, 0.1) is 25.5 Å². The molecule has 0 atom stereocenters. The molecule has 0 aliphatic carbocycles. The van der Waals surface area contributed by atoms with Crippen LogP contribution in [0.3, 0.4) is 0 Å². The van der Waals surface area contributed by atoms with Gasteiger partial charge in [0, 0.05) is 13.1 Å². The van der Waals surface area contributed by atoms with E-state index in [1.165, 1.54) is 7.11 Å². The van der Waals surface area contributed by atoms with Gasteiger partial charge in [-0.1, -0.05) is 12.1 Å². The SMILES string of the molecule is CCc1cc(CN(C)c2ncc(F)c(OC)n2)on1. The van der Waals surface area contributed by atoms with Crippen molar-refractivity contribution >= 4 is 5.95 Å². The minimum absolute atomic E-state index is 0.0799. The molecule has 102 valence electrons. The predicted molar refractivity (Wildman–Crippen MR) is 66.5 cm³/mol. The zero-order valence-corrected chi connectivity index (χ0v) is 11.1. The fourth-order valence-corrected chi connectivity index (χ4v) is 1.57. The Morgan fingerprint density at radius 2 is 2.26 bits per heavy atom. The van der Waals surface area contributed by atoms with Crippen LogP contribution in [-0.4, -0.2) is 29.3 Å². The van der Waals surface area contributed by atoms with Gasteiger partial charge in [0.15, 0.2) is 5.76 Å². The van der Waals surface area contributed by atoms with Crippen molar-refractivity contribution in [3.05, 3.63) is 29.5 Å². The lowest BCUT2D eigenvalue weighted by Gasteiger charge is -2.15. The summed E-state index contributed by atoms with van der Waals surface area (Å²) in [6.45, 7) is 2.45. The maximum atomic E-state index is 13.2. The molecule has 0 amide bonds. The van der Waals surface area contributed by atoms with E-state index in [1.54, 1.807) is 11.9 Å². The molecule has 0 saturated heterocycles. The van der Waals surface area contributed by atoms with Crippen LogP contribution in [0.5, 0.6) is 5.88 Å². The molecule has 19 heavy (non-hydrogen) atoms. The van der Waals surface area contributed by atoms with Crippen molar-refractivity contribution in [1.29, 1.82) is 0 Å². The molecule has 2 rings (SSSR count). The first kappa shape index (κ1) is 13.3. The summed E-state index contributed by atoms with van der Waals surface area (Å²) in [5.74, 6) is 0.384. The zero-order chi connectivity index (χ0) is 13.8. The van der Waals surface area contributed by atoms with Crippen LogP contribution in [-0.2, 0) is 13.0 Å². The number of hydrogen-bond acceptors (Lipinski definition) is 6. The standard InChI is InChI=1S/C12H15FN4O2/c1-4-8-5-9(19-16-8)7-17(2)12-14-6-10(13)11(15-12)18-3/h5-6H,4,7H2,1-3H3. The maximum absolute atomic E-state index is 13.2. The number of rotatable bonds is 5. The van der Waals surface area contributed by atoms with Crippen LogP contribution in [0.4, 0.5) is 10.3 Å². The highest BCUT2D eigenvalue weighted by atomic mass is 19.1. The molecule has 0 fully saturated rings. The van der Waals surface area contributed by atoms with Gasteiger partial charge in [-0.3, -0.25) is 0 Å². The van der Waals surface area contributed by atoms with Gasteiger partial charge in [-0.15, -0.1) is 0 Å². The highest BCUT2D eigenvalue weighted by Crippen LogP contribution is 2.17. The molecule has 2 heterocycles. The first-order valence-corrected chi connectivity index (χ1v) is 5.86. The highest BCUT2D eigenvalue weighted by molar-refractivity contribution is 5.32. The lowest BCUT2D eigenvalue weighted by atomic mass is 10.3. The van der Waals surface area contributed by atoms with E-state index < -0.39 is 5.82 Å². The molecule has 0 spiro atoms. The number of methoxy groups -OCH3 is 1. The van der Waals surface area contributed by atoms with Crippen LogP contribution in [0.15, 0.2) is 16.8 Å². The van der Waals surface area contributed by atoms with Crippen LogP contribution in [0.1, 0.15) is 18.4 Å².